The van der Waals surface area contributed by atoms with Crippen molar-refractivity contribution >= 4 is 22.6 Å². The lowest BCUT2D eigenvalue weighted by Gasteiger charge is -2.13. The highest BCUT2D eigenvalue weighted by Gasteiger charge is 2.17. The number of rotatable bonds is 3. The Kier molecular flexibility index (Phi) is 4.13. The summed E-state index contributed by atoms with van der Waals surface area (Å²) in [5, 5.41) is 6.36. The Morgan fingerprint density at radius 3 is 2.42 bits per heavy atom. The first-order chi connectivity index (χ1) is 12.6. The van der Waals surface area contributed by atoms with E-state index in [4.69, 9.17) is 16.7 Å². The van der Waals surface area contributed by atoms with Gasteiger partial charge in [0.1, 0.15) is 5.65 Å². The summed E-state index contributed by atoms with van der Waals surface area (Å²) in [5.74, 6) is 0. The Morgan fingerprint density at radius 1 is 1.00 bits per heavy atom. The van der Waals surface area contributed by atoms with Crippen LogP contribution in [0.15, 0.2) is 65.5 Å². The maximum atomic E-state index is 12.8. The van der Waals surface area contributed by atoms with Gasteiger partial charge in [-0.25, -0.2) is 4.68 Å². The number of para-hydroxylation sites is 1. The molecule has 4 rings (SSSR count). The van der Waals surface area contributed by atoms with E-state index in [1.165, 1.54) is 0 Å². The molecule has 5 heteroatoms. The third-order valence-electron chi connectivity index (χ3n) is 4.58. The molecular formula is C21H18ClN3O. The molecule has 130 valence electrons. The van der Waals surface area contributed by atoms with E-state index in [1.807, 2.05) is 73.1 Å². The average molecular weight is 364 g/mol. The minimum Gasteiger partial charge on any atom is -0.288 e. The molecule has 2 aromatic heterocycles. The predicted octanol–water partition coefficient (Wildman–Crippen LogP) is 4.51. The molecule has 4 aromatic rings. The SMILES string of the molecule is Cc1cc(=O)n(Cc2ccccc2Cl)c2c1c(C)nn2-c1ccccc1. The van der Waals surface area contributed by atoms with Crippen molar-refractivity contribution in [1.29, 1.82) is 0 Å². The van der Waals surface area contributed by atoms with Gasteiger partial charge in [0.2, 0.25) is 0 Å². The van der Waals surface area contributed by atoms with Crippen molar-refractivity contribution in [2.24, 2.45) is 0 Å². The van der Waals surface area contributed by atoms with Crippen LogP contribution in [0.4, 0.5) is 0 Å². The van der Waals surface area contributed by atoms with Gasteiger partial charge in [-0.15, -0.1) is 0 Å². The second kappa shape index (κ2) is 6.46. The molecule has 2 heterocycles. The molecular weight excluding hydrogens is 346 g/mol. The van der Waals surface area contributed by atoms with Crippen molar-refractivity contribution in [2.45, 2.75) is 20.4 Å². The Bertz CT molecular complexity index is 1160. The second-order valence-electron chi connectivity index (χ2n) is 6.37. The summed E-state index contributed by atoms with van der Waals surface area (Å²) in [6.07, 6.45) is 0. The van der Waals surface area contributed by atoms with Crippen LogP contribution >= 0.6 is 11.6 Å². The van der Waals surface area contributed by atoms with Crippen LogP contribution < -0.4 is 5.56 Å². The predicted molar refractivity (Wildman–Crippen MR) is 105 cm³/mol. The lowest BCUT2D eigenvalue weighted by Crippen LogP contribution is -2.22. The molecule has 0 N–H and O–H groups in total. The van der Waals surface area contributed by atoms with Crippen LogP contribution in [0.2, 0.25) is 5.02 Å². The summed E-state index contributed by atoms with van der Waals surface area (Å²) in [6, 6.07) is 19.1. The van der Waals surface area contributed by atoms with Gasteiger partial charge in [0, 0.05) is 16.5 Å². The maximum Gasteiger partial charge on any atom is 0.252 e. The second-order valence-corrected chi connectivity index (χ2v) is 6.78. The molecule has 0 fully saturated rings. The zero-order chi connectivity index (χ0) is 18.3. The lowest BCUT2D eigenvalue weighted by molar-refractivity contribution is 0.750. The van der Waals surface area contributed by atoms with Gasteiger partial charge >= 0.3 is 0 Å². The van der Waals surface area contributed by atoms with Crippen LogP contribution in [-0.4, -0.2) is 14.3 Å². The van der Waals surface area contributed by atoms with Gasteiger partial charge in [-0.3, -0.25) is 9.36 Å². The zero-order valence-electron chi connectivity index (χ0n) is 14.6. The Labute approximate surface area is 156 Å². The Morgan fingerprint density at radius 2 is 1.69 bits per heavy atom. The molecule has 0 unspecified atom stereocenters. The highest BCUT2D eigenvalue weighted by Crippen LogP contribution is 2.25. The highest BCUT2D eigenvalue weighted by molar-refractivity contribution is 6.31. The summed E-state index contributed by atoms with van der Waals surface area (Å²) in [6.45, 7) is 4.32. The summed E-state index contributed by atoms with van der Waals surface area (Å²) in [5.41, 5.74) is 4.38. The smallest absolute Gasteiger partial charge is 0.252 e. The molecule has 0 amide bonds. The Balaban J connectivity index is 2.04. The van der Waals surface area contributed by atoms with Gasteiger partial charge in [-0.2, -0.15) is 5.10 Å². The third kappa shape index (κ3) is 2.72. The first-order valence-electron chi connectivity index (χ1n) is 8.45. The number of pyridine rings is 1. The van der Waals surface area contributed by atoms with E-state index in [-0.39, 0.29) is 5.56 Å². The van der Waals surface area contributed by atoms with Crippen molar-refractivity contribution in [1.82, 2.24) is 14.3 Å². The summed E-state index contributed by atoms with van der Waals surface area (Å²) in [7, 11) is 0. The molecule has 26 heavy (non-hydrogen) atoms. The lowest BCUT2D eigenvalue weighted by atomic mass is 10.1. The van der Waals surface area contributed by atoms with Crippen LogP contribution in [0.1, 0.15) is 16.8 Å². The molecule has 0 radical (unpaired) electrons. The van der Waals surface area contributed by atoms with Crippen molar-refractivity contribution in [3.8, 4) is 5.69 Å². The van der Waals surface area contributed by atoms with Gasteiger partial charge in [0.25, 0.3) is 5.56 Å². The van der Waals surface area contributed by atoms with Crippen LogP contribution in [0.5, 0.6) is 0 Å². The number of fused-ring (bicyclic) bond motifs is 1. The van der Waals surface area contributed by atoms with Crippen molar-refractivity contribution in [2.75, 3.05) is 0 Å². The van der Waals surface area contributed by atoms with E-state index in [0.29, 0.717) is 11.6 Å². The summed E-state index contributed by atoms with van der Waals surface area (Å²) >= 11 is 6.33. The fourth-order valence-corrected chi connectivity index (χ4v) is 3.56. The molecule has 0 aliphatic heterocycles. The number of nitrogens with zero attached hydrogens (tertiary/aromatic N) is 3. The third-order valence-corrected chi connectivity index (χ3v) is 4.95. The minimum absolute atomic E-state index is 0.0630. The van der Waals surface area contributed by atoms with Crippen LogP contribution in [0.3, 0.4) is 0 Å². The van der Waals surface area contributed by atoms with E-state index in [2.05, 4.69) is 0 Å². The molecule has 0 spiro atoms. The maximum absolute atomic E-state index is 12.8. The van der Waals surface area contributed by atoms with E-state index in [9.17, 15) is 4.79 Å². The molecule has 0 saturated carbocycles. The monoisotopic (exact) mass is 363 g/mol. The van der Waals surface area contributed by atoms with E-state index < -0.39 is 0 Å². The largest absolute Gasteiger partial charge is 0.288 e. The zero-order valence-corrected chi connectivity index (χ0v) is 15.4. The normalized spacial score (nSPS) is 11.2. The van der Waals surface area contributed by atoms with Crippen LogP contribution in [-0.2, 0) is 6.54 Å². The molecule has 2 aromatic carbocycles. The number of hydrogen-bond donors (Lipinski definition) is 0. The van der Waals surface area contributed by atoms with Gasteiger partial charge in [-0.1, -0.05) is 48.0 Å². The molecule has 0 aliphatic carbocycles. The minimum atomic E-state index is -0.0630. The van der Waals surface area contributed by atoms with Gasteiger partial charge in [-0.05, 0) is 43.2 Å². The summed E-state index contributed by atoms with van der Waals surface area (Å²) < 4.78 is 3.59. The highest BCUT2D eigenvalue weighted by atomic mass is 35.5. The standard InChI is InChI=1S/C21H18ClN3O/c1-14-12-19(26)24(13-16-8-6-7-11-18(16)22)21-20(14)15(2)23-25(21)17-9-4-3-5-10-17/h3-12H,13H2,1-2H3. The van der Waals surface area contributed by atoms with Gasteiger partial charge in [0.05, 0.1) is 17.9 Å². The number of aryl methyl sites for hydroxylation is 2. The Hall–Kier alpha value is -2.85. The topological polar surface area (TPSA) is 39.8 Å². The van der Waals surface area contributed by atoms with E-state index >= 15 is 0 Å². The number of aromatic nitrogens is 3. The number of benzene rings is 2. The van der Waals surface area contributed by atoms with Crippen molar-refractivity contribution < 1.29 is 0 Å². The van der Waals surface area contributed by atoms with E-state index in [0.717, 1.165) is 33.5 Å². The number of hydrogen-bond acceptors (Lipinski definition) is 2. The van der Waals surface area contributed by atoms with Crippen LogP contribution in [0.25, 0.3) is 16.7 Å². The average Bonchev–Trinajstić information content (AvgIpc) is 2.98. The molecule has 0 bridgehead atoms. The molecule has 0 aliphatic rings. The van der Waals surface area contributed by atoms with E-state index in [1.54, 1.807) is 10.6 Å². The van der Waals surface area contributed by atoms with Crippen LogP contribution in [0, 0.1) is 13.8 Å². The van der Waals surface area contributed by atoms with Gasteiger partial charge < -0.3 is 0 Å². The fraction of sp³-hybridized carbons (Fsp3) is 0.143. The quantitative estimate of drug-likeness (QED) is 0.537. The first kappa shape index (κ1) is 16.6. The van der Waals surface area contributed by atoms with Crippen molar-refractivity contribution in [3.05, 3.63) is 92.9 Å². The molecule has 0 atom stereocenters. The molecule has 0 saturated heterocycles. The van der Waals surface area contributed by atoms with Gasteiger partial charge in [0.15, 0.2) is 0 Å². The first-order valence-corrected chi connectivity index (χ1v) is 8.82. The van der Waals surface area contributed by atoms with Crippen molar-refractivity contribution in [3.63, 3.8) is 0 Å². The fourth-order valence-electron chi connectivity index (χ4n) is 3.36. The summed E-state index contributed by atoms with van der Waals surface area (Å²) in [4.78, 5) is 12.8. The molecule has 4 nitrogen and oxygen atoms in total. The number of halogens is 1.